The number of hydrogen-bond donors (Lipinski definition) is 2. The minimum atomic E-state index is -0.260. The number of hydrogen-bond acceptors (Lipinski definition) is 4. The van der Waals surface area contributed by atoms with Crippen LogP contribution in [0.2, 0.25) is 0 Å². The van der Waals surface area contributed by atoms with Crippen LogP contribution in [-0.4, -0.2) is 66.7 Å². The van der Waals surface area contributed by atoms with Gasteiger partial charge >= 0.3 is 6.03 Å². The summed E-state index contributed by atoms with van der Waals surface area (Å²) in [5.74, 6) is -0.0206. The predicted molar refractivity (Wildman–Crippen MR) is 127 cm³/mol. The van der Waals surface area contributed by atoms with Crippen LogP contribution in [0.15, 0.2) is 54.6 Å². The van der Waals surface area contributed by atoms with Crippen LogP contribution >= 0.6 is 0 Å². The highest BCUT2D eigenvalue weighted by Crippen LogP contribution is 2.17. The molecule has 32 heavy (non-hydrogen) atoms. The number of rotatable bonds is 8. The van der Waals surface area contributed by atoms with Crippen LogP contribution < -0.4 is 10.6 Å². The van der Waals surface area contributed by atoms with Gasteiger partial charge in [0.1, 0.15) is 0 Å². The highest BCUT2D eigenvalue weighted by molar-refractivity contribution is 5.95. The Kier molecular flexibility index (Phi) is 8.64. The molecule has 3 amide bonds. The second-order valence-corrected chi connectivity index (χ2v) is 8.51. The van der Waals surface area contributed by atoms with Crippen LogP contribution in [-0.2, 0) is 11.3 Å². The first-order valence-electron chi connectivity index (χ1n) is 11.2. The molecule has 1 saturated heterocycles. The molecule has 2 aromatic carbocycles. The minimum absolute atomic E-state index is 0.0206. The molecule has 172 valence electrons. The third kappa shape index (κ3) is 7.07. The van der Waals surface area contributed by atoms with Gasteiger partial charge in [-0.05, 0) is 50.6 Å². The molecule has 0 aromatic heterocycles. The molecule has 0 bridgehead atoms. The standard InChI is InChI=1S/C25H34N4O3/c1-19(2)26-25(31)27-23-11-9-22(10-12-23)24(30)29(18-21-7-5-4-6-8-21)20(3)17-28-13-15-32-16-14-28/h4-12,19-20H,13-18H2,1-3H3,(H2,26,27,31). The summed E-state index contributed by atoms with van der Waals surface area (Å²) in [6.45, 7) is 10.5. The van der Waals surface area contributed by atoms with E-state index in [1.54, 1.807) is 24.3 Å². The number of benzene rings is 2. The summed E-state index contributed by atoms with van der Waals surface area (Å²) in [6.07, 6.45) is 0. The van der Waals surface area contributed by atoms with Crippen molar-refractivity contribution < 1.29 is 14.3 Å². The highest BCUT2D eigenvalue weighted by atomic mass is 16.5. The molecule has 7 heteroatoms. The predicted octanol–water partition coefficient (Wildman–Crippen LogP) is 3.58. The molecule has 1 fully saturated rings. The van der Waals surface area contributed by atoms with Gasteiger partial charge in [0.05, 0.1) is 13.2 Å². The van der Waals surface area contributed by atoms with Crippen molar-refractivity contribution in [2.75, 3.05) is 38.2 Å². The molecule has 0 radical (unpaired) electrons. The van der Waals surface area contributed by atoms with E-state index >= 15 is 0 Å². The van der Waals surface area contributed by atoms with Crippen molar-refractivity contribution in [3.63, 3.8) is 0 Å². The van der Waals surface area contributed by atoms with E-state index < -0.39 is 0 Å². The first-order valence-corrected chi connectivity index (χ1v) is 11.2. The molecule has 3 rings (SSSR count). The largest absolute Gasteiger partial charge is 0.379 e. The topological polar surface area (TPSA) is 73.9 Å². The Hall–Kier alpha value is -2.90. The molecule has 0 saturated carbocycles. The molecule has 0 aliphatic carbocycles. The fraction of sp³-hybridized carbons (Fsp3) is 0.440. The Balaban J connectivity index is 1.72. The molecule has 1 aliphatic heterocycles. The number of carbonyl (C=O) groups is 2. The Morgan fingerprint density at radius 1 is 1.00 bits per heavy atom. The average Bonchev–Trinajstić information content (AvgIpc) is 2.78. The van der Waals surface area contributed by atoms with Gasteiger partial charge in [0.15, 0.2) is 0 Å². The van der Waals surface area contributed by atoms with Crippen molar-refractivity contribution in [3.8, 4) is 0 Å². The van der Waals surface area contributed by atoms with Crippen LogP contribution in [0.25, 0.3) is 0 Å². The lowest BCUT2D eigenvalue weighted by Crippen LogP contribution is -2.48. The zero-order valence-corrected chi connectivity index (χ0v) is 19.2. The molecular formula is C25H34N4O3. The number of carbonyl (C=O) groups excluding carboxylic acids is 2. The SMILES string of the molecule is CC(C)NC(=O)Nc1ccc(C(=O)N(Cc2ccccc2)C(C)CN2CCOCC2)cc1. The van der Waals surface area contributed by atoms with Crippen LogP contribution in [0.1, 0.15) is 36.7 Å². The lowest BCUT2D eigenvalue weighted by atomic mass is 10.1. The van der Waals surface area contributed by atoms with Crippen molar-refractivity contribution in [3.05, 3.63) is 65.7 Å². The molecule has 7 nitrogen and oxygen atoms in total. The van der Waals surface area contributed by atoms with E-state index in [2.05, 4.69) is 22.5 Å². The van der Waals surface area contributed by atoms with E-state index in [9.17, 15) is 9.59 Å². The van der Waals surface area contributed by atoms with Gasteiger partial charge in [0.2, 0.25) is 0 Å². The number of nitrogens with one attached hydrogen (secondary N) is 2. The summed E-state index contributed by atoms with van der Waals surface area (Å²) in [5, 5.41) is 5.58. The summed E-state index contributed by atoms with van der Waals surface area (Å²) >= 11 is 0. The summed E-state index contributed by atoms with van der Waals surface area (Å²) in [6, 6.07) is 17.0. The van der Waals surface area contributed by atoms with Crippen LogP contribution in [0, 0.1) is 0 Å². The molecular weight excluding hydrogens is 404 g/mol. The number of urea groups is 1. The van der Waals surface area contributed by atoms with Gasteiger partial charge < -0.3 is 20.3 Å². The van der Waals surface area contributed by atoms with Gasteiger partial charge in [0.25, 0.3) is 5.91 Å². The van der Waals surface area contributed by atoms with Gasteiger partial charge in [-0.1, -0.05) is 30.3 Å². The molecule has 1 atom stereocenters. The third-order valence-electron chi connectivity index (χ3n) is 5.42. The lowest BCUT2D eigenvalue weighted by molar-refractivity contribution is 0.0228. The molecule has 0 spiro atoms. The van der Waals surface area contributed by atoms with Gasteiger partial charge in [-0.15, -0.1) is 0 Å². The zero-order valence-electron chi connectivity index (χ0n) is 19.2. The van der Waals surface area contributed by atoms with E-state index in [0.717, 1.165) is 38.4 Å². The molecule has 2 aromatic rings. The zero-order chi connectivity index (χ0) is 22.9. The second kappa shape index (κ2) is 11.6. The van der Waals surface area contributed by atoms with Gasteiger partial charge in [-0.3, -0.25) is 9.69 Å². The Morgan fingerprint density at radius 2 is 1.66 bits per heavy atom. The van der Waals surface area contributed by atoms with Crippen LogP contribution in [0.4, 0.5) is 10.5 Å². The maximum Gasteiger partial charge on any atom is 0.319 e. The van der Waals surface area contributed by atoms with Crippen molar-refractivity contribution in [1.29, 1.82) is 0 Å². The third-order valence-corrected chi connectivity index (χ3v) is 5.42. The number of morpholine rings is 1. The maximum absolute atomic E-state index is 13.5. The smallest absolute Gasteiger partial charge is 0.319 e. The molecule has 1 heterocycles. The monoisotopic (exact) mass is 438 g/mol. The highest BCUT2D eigenvalue weighted by Gasteiger charge is 2.24. The summed E-state index contributed by atoms with van der Waals surface area (Å²) in [7, 11) is 0. The number of amides is 3. The Morgan fingerprint density at radius 3 is 2.28 bits per heavy atom. The van der Waals surface area contributed by atoms with E-state index in [1.165, 1.54) is 0 Å². The number of ether oxygens (including phenoxy) is 1. The quantitative estimate of drug-likeness (QED) is 0.661. The maximum atomic E-state index is 13.5. The van der Waals surface area contributed by atoms with Crippen molar-refractivity contribution in [1.82, 2.24) is 15.1 Å². The van der Waals surface area contributed by atoms with E-state index in [0.29, 0.717) is 17.8 Å². The fourth-order valence-electron chi connectivity index (χ4n) is 3.76. The van der Waals surface area contributed by atoms with Gasteiger partial charge in [-0.25, -0.2) is 4.79 Å². The van der Waals surface area contributed by atoms with Crippen molar-refractivity contribution in [2.45, 2.75) is 39.4 Å². The van der Waals surface area contributed by atoms with Crippen LogP contribution in [0.5, 0.6) is 0 Å². The number of anilines is 1. The van der Waals surface area contributed by atoms with Crippen LogP contribution in [0.3, 0.4) is 0 Å². The Bertz CT molecular complexity index is 865. The second-order valence-electron chi connectivity index (χ2n) is 8.51. The summed E-state index contributed by atoms with van der Waals surface area (Å²) in [5.41, 5.74) is 2.35. The van der Waals surface area contributed by atoms with E-state index in [-0.39, 0.29) is 24.0 Å². The number of nitrogens with zero attached hydrogens (tertiary/aromatic N) is 2. The first kappa shape index (κ1) is 23.8. The van der Waals surface area contributed by atoms with E-state index in [4.69, 9.17) is 4.74 Å². The fourth-order valence-corrected chi connectivity index (χ4v) is 3.76. The average molecular weight is 439 g/mol. The first-order chi connectivity index (χ1) is 15.4. The molecule has 1 aliphatic rings. The normalized spacial score (nSPS) is 15.2. The minimum Gasteiger partial charge on any atom is -0.379 e. The summed E-state index contributed by atoms with van der Waals surface area (Å²) in [4.78, 5) is 29.7. The molecule has 1 unspecified atom stereocenters. The molecule has 2 N–H and O–H groups in total. The van der Waals surface area contributed by atoms with Crippen molar-refractivity contribution >= 4 is 17.6 Å². The van der Waals surface area contributed by atoms with Crippen molar-refractivity contribution in [2.24, 2.45) is 0 Å². The van der Waals surface area contributed by atoms with Gasteiger partial charge in [-0.2, -0.15) is 0 Å². The van der Waals surface area contributed by atoms with Gasteiger partial charge in [0, 0.05) is 49.5 Å². The summed E-state index contributed by atoms with van der Waals surface area (Å²) < 4.78 is 5.46. The van der Waals surface area contributed by atoms with E-state index in [1.807, 2.05) is 49.1 Å². The lowest BCUT2D eigenvalue weighted by Gasteiger charge is -2.35. The Labute approximate surface area is 190 Å².